The van der Waals surface area contributed by atoms with Crippen LogP contribution < -0.4 is 10.6 Å². The number of aromatic amines is 1. The Morgan fingerprint density at radius 2 is 1.77 bits per heavy atom. The Bertz CT molecular complexity index is 1400. The molecule has 6 nitrogen and oxygen atoms in total. The lowest BCUT2D eigenvalue weighted by atomic mass is 10.1. The number of benzene rings is 3. The number of hydrogen-bond acceptors (Lipinski definition) is 2. The number of carbonyl (C=O) groups excluding carboxylic acids is 1. The van der Waals surface area contributed by atoms with E-state index in [0.717, 1.165) is 35.4 Å². The first-order valence-corrected chi connectivity index (χ1v) is 10.8. The molecule has 0 unspecified atom stereocenters. The molecule has 4 aromatic rings. The molecule has 1 amide bonds. The van der Waals surface area contributed by atoms with Crippen molar-refractivity contribution in [3.63, 3.8) is 0 Å². The largest absolute Gasteiger partial charge is 0.352 e. The lowest BCUT2D eigenvalue weighted by Gasteiger charge is -2.12. The minimum atomic E-state index is -1.16. The van der Waals surface area contributed by atoms with Crippen molar-refractivity contribution in [1.82, 2.24) is 15.5 Å². The number of carbonyl (C=O) groups is 1. The number of aryl methyl sites for hydroxylation is 1. The van der Waals surface area contributed by atoms with Gasteiger partial charge in [-0.25, -0.2) is 13.2 Å². The molecule has 3 N–H and O–H groups in total. The van der Waals surface area contributed by atoms with Crippen LogP contribution in [0.15, 0.2) is 71.7 Å². The summed E-state index contributed by atoms with van der Waals surface area (Å²) in [6.07, 6.45) is 0. The van der Waals surface area contributed by atoms with E-state index in [1.54, 1.807) is 6.07 Å². The number of aliphatic imine (C=N–C) groups is 1. The second kappa shape index (κ2) is 10.4. The third-order valence-corrected chi connectivity index (χ3v) is 5.37. The summed E-state index contributed by atoms with van der Waals surface area (Å²) < 4.78 is 40.2. The van der Waals surface area contributed by atoms with Crippen LogP contribution in [0.25, 0.3) is 11.3 Å². The molecule has 1 heterocycles. The van der Waals surface area contributed by atoms with Crippen molar-refractivity contribution in [3.05, 3.63) is 106 Å². The molecule has 0 fully saturated rings. The molecule has 0 bridgehead atoms. The number of amides is 1. The summed E-state index contributed by atoms with van der Waals surface area (Å²) in [5.41, 5.74) is 3.04. The summed E-state index contributed by atoms with van der Waals surface area (Å²) in [6.45, 7) is 2.07. The molecule has 0 aliphatic carbocycles. The third-order valence-electron chi connectivity index (χ3n) is 5.02. The Morgan fingerprint density at radius 1 is 1.00 bits per heavy atom. The summed E-state index contributed by atoms with van der Waals surface area (Å²) >= 11 is 6.09. The van der Waals surface area contributed by atoms with Gasteiger partial charge in [0.25, 0.3) is 5.91 Å². The maximum atomic E-state index is 13.6. The third kappa shape index (κ3) is 6.07. The summed E-state index contributed by atoms with van der Waals surface area (Å²) in [5.74, 6) is -3.14. The number of H-pyrrole nitrogens is 1. The fraction of sp³-hybridized carbons (Fsp3) is 0.0800. The topological polar surface area (TPSA) is 82.2 Å². The number of nitrogens with one attached hydrogen (secondary N) is 3. The normalized spacial score (nSPS) is 11.4. The molecule has 3 aromatic carbocycles. The summed E-state index contributed by atoms with van der Waals surface area (Å²) in [6, 6.07) is 16.1. The van der Waals surface area contributed by atoms with E-state index < -0.39 is 23.4 Å². The van der Waals surface area contributed by atoms with E-state index in [2.05, 4.69) is 25.8 Å². The van der Waals surface area contributed by atoms with Crippen LogP contribution in [0.5, 0.6) is 0 Å². The van der Waals surface area contributed by atoms with E-state index in [1.807, 2.05) is 31.2 Å². The van der Waals surface area contributed by atoms with Gasteiger partial charge in [-0.1, -0.05) is 47.5 Å². The van der Waals surface area contributed by atoms with Gasteiger partial charge < -0.3 is 10.6 Å². The van der Waals surface area contributed by atoms with Crippen molar-refractivity contribution in [2.45, 2.75) is 13.5 Å². The first-order chi connectivity index (χ1) is 16.8. The van der Waals surface area contributed by atoms with Crippen molar-refractivity contribution < 1.29 is 18.0 Å². The van der Waals surface area contributed by atoms with Gasteiger partial charge in [-0.15, -0.1) is 0 Å². The van der Waals surface area contributed by atoms with Crippen LogP contribution in [0.1, 0.15) is 21.5 Å². The van der Waals surface area contributed by atoms with Gasteiger partial charge in [0.2, 0.25) is 5.96 Å². The second-order valence-corrected chi connectivity index (χ2v) is 8.05. The van der Waals surface area contributed by atoms with E-state index in [-0.39, 0.29) is 23.1 Å². The van der Waals surface area contributed by atoms with Crippen LogP contribution in [0, 0.1) is 24.4 Å². The van der Waals surface area contributed by atoms with Crippen LogP contribution in [0.3, 0.4) is 0 Å². The first kappa shape index (κ1) is 24.0. The molecular weight excluding hydrogens is 479 g/mol. The zero-order chi connectivity index (χ0) is 24.9. The van der Waals surface area contributed by atoms with Crippen molar-refractivity contribution in [3.8, 4) is 11.3 Å². The van der Waals surface area contributed by atoms with Gasteiger partial charge >= 0.3 is 0 Å². The standard InChI is InChI=1S/C25H19ClF3N5O/c1-14-2-4-15(5-3-14)22-12-23(34-33-22)31-25(30-13-17-6-8-18(27)11-19(17)26)32-24(35)16-7-9-20(28)21(29)10-16/h2-12H,13H2,1H3,(H3,30,31,32,33,34,35). The van der Waals surface area contributed by atoms with Crippen LogP contribution in [-0.2, 0) is 6.54 Å². The van der Waals surface area contributed by atoms with Gasteiger partial charge in [-0.2, -0.15) is 10.1 Å². The summed E-state index contributed by atoms with van der Waals surface area (Å²) in [7, 11) is 0. The Labute approximate surface area is 203 Å². The highest BCUT2D eigenvalue weighted by Gasteiger charge is 2.13. The predicted octanol–water partition coefficient (Wildman–Crippen LogP) is 5.85. The Kier molecular flexibility index (Phi) is 7.17. The van der Waals surface area contributed by atoms with Crippen LogP contribution >= 0.6 is 11.6 Å². The fourth-order valence-electron chi connectivity index (χ4n) is 3.14. The Balaban J connectivity index is 1.59. The lowest BCUT2D eigenvalue weighted by molar-refractivity contribution is 0.100. The number of halogens is 4. The van der Waals surface area contributed by atoms with Crippen molar-refractivity contribution >= 4 is 29.3 Å². The maximum absolute atomic E-state index is 13.6. The van der Waals surface area contributed by atoms with E-state index >= 15 is 0 Å². The molecular formula is C25H19ClF3N5O. The Hall–Kier alpha value is -4.11. The smallest absolute Gasteiger partial charge is 0.280 e. The SMILES string of the molecule is Cc1ccc(-c2cc(N/C(=N\C(=O)c3ccc(F)c(F)c3)NCc3ccc(F)cc3Cl)[nH]n2)cc1. The molecule has 0 saturated heterocycles. The van der Waals surface area contributed by atoms with Gasteiger partial charge in [0.05, 0.1) is 5.69 Å². The number of anilines is 1. The highest BCUT2D eigenvalue weighted by Crippen LogP contribution is 2.21. The quantitative estimate of drug-likeness (QED) is 0.238. The zero-order valence-electron chi connectivity index (χ0n) is 18.4. The van der Waals surface area contributed by atoms with E-state index in [4.69, 9.17) is 11.6 Å². The molecule has 0 radical (unpaired) electrons. The van der Waals surface area contributed by atoms with Crippen molar-refractivity contribution in [2.75, 3.05) is 5.32 Å². The number of aromatic nitrogens is 2. The second-order valence-electron chi connectivity index (χ2n) is 7.64. The highest BCUT2D eigenvalue weighted by atomic mass is 35.5. The Morgan fingerprint density at radius 3 is 2.49 bits per heavy atom. The maximum Gasteiger partial charge on any atom is 0.280 e. The van der Waals surface area contributed by atoms with E-state index in [1.165, 1.54) is 12.1 Å². The van der Waals surface area contributed by atoms with Crippen LogP contribution in [0.2, 0.25) is 5.02 Å². The van der Waals surface area contributed by atoms with E-state index in [9.17, 15) is 18.0 Å². The van der Waals surface area contributed by atoms with Gasteiger partial charge in [0.15, 0.2) is 11.6 Å². The number of guanidine groups is 1. The van der Waals surface area contributed by atoms with Crippen LogP contribution in [0.4, 0.5) is 19.0 Å². The predicted molar refractivity (Wildman–Crippen MR) is 129 cm³/mol. The van der Waals surface area contributed by atoms with Crippen molar-refractivity contribution in [2.24, 2.45) is 4.99 Å². The molecule has 178 valence electrons. The molecule has 0 aliphatic rings. The fourth-order valence-corrected chi connectivity index (χ4v) is 3.37. The average Bonchev–Trinajstić information content (AvgIpc) is 3.29. The molecule has 10 heteroatoms. The first-order valence-electron chi connectivity index (χ1n) is 10.4. The molecule has 0 spiro atoms. The average molecular weight is 498 g/mol. The van der Waals surface area contributed by atoms with E-state index in [0.29, 0.717) is 17.1 Å². The van der Waals surface area contributed by atoms with Crippen molar-refractivity contribution in [1.29, 1.82) is 0 Å². The van der Waals surface area contributed by atoms with Gasteiger partial charge in [0.1, 0.15) is 11.6 Å². The number of hydrogen-bond donors (Lipinski definition) is 3. The monoisotopic (exact) mass is 497 g/mol. The van der Waals surface area contributed by atoms with Gasteiger partial charge in [-0.05, 0) is 42.8 Å². The lowest BCUT2D eigenvalue weighted by Crippen LogP contribution is -2.31. The molecule has 35 heavy (non-hydrogen) atoms. The zero-order valence-corrected chi connectivity index (χ0v) is 19.1. The minimum Gasteiger partial charge on any atom is -0.352 e. The molecule has 4 rings (SSSR count). The molecule has 0 saturated carbocycles. The van der Waals surface area contributed by atoms with Gasteiger partial charge in [0, 0.05) is 28.8 Å². The highest BCUT2D eigenvalue weighted by molar-refractivity contribution is 6.31. The number of rotatable bonds is 5. The molecule has 0 atom stereocenters. The minimum absolute atomic E-state index is 0.0146. The molecule has 1 aromatic heterocycles. The van der Waals surface area contributed by atoms with Crippen LogP contribution in [-0.4, -0.2) is 22.1 Å². The summed E-state index contributed by atoms with van der Waals surface area (Å²) in [5, 5.41) is 13.1. The molecule has 0 aliphatic heterocycles. The number of nitrogens with zero attached hydrogens (tertiary/aromatic N) is 2. The van der Waals surface area contributed by atoms with Gasteiger partial charge in [-0.3, -0.25) is 9.89 Å². The summed E-state index contributed by atoms with van der Waals surface area (Å²) in [4.78, 5) is 16.6.